The quantitative estimate of drug-likeness (QED) is 0.0785. The maximum Gasteiger partial charge on any atom is 0.346 e. The number of carboxylic acids is 1. The predicted molar refractivity (Wildman–Crippen MR) is 248 cm³/mol. The van der Waals surface area contributed by atoms with Crippen LogP contribution in [0, 0.1) is 17.2 Å². The van der Waals surface area contributed by atoms with Crippen LogP contribution in [0.2, 0.25) is 0 Å². The first-order valence-corrected chi connectivity index (χ1v) is 22.0. The third kappa shape index (κ3) is 7.38. The van der Waals surface area contributed by atoms with Crippen LogP contribution in [-0.2, 0) is 16.8 Å². The molecule has 1 N–H and O–H groups in total. The highest BCUT2D eigenvalue weighted by Crippen LogP contribution is 2.56. The van der Waals surface area contributed by atoms with Crippen molar-refractivity contribution in [1.29, 1.82) is 5.26 Å². The predicted octanol–water partition coefficient (Wildman–Crippen LogP) is 15.1. The number of fused-ring (bicyclic) bond motifs is 8. The first-order valence-electron chi connectivity index (χ1n) is 22.0. The highest BCUT2D eigenvalue weighted by molar-refractivity contribution is 6.18. The van der Waals surface area contributed by atoms with E-state index in [2.05, 4.69) is 123 Å². The second-order valence-corrected chi connectivity index (χ2v) is 16.8. The highest BCUT2D eigenvalue weighted by Gasteiger charge is 2.42. The number of unbranched alkanes of at least 4 members (excludes halogenated alkanes) is 3. The maximum atomic E-state index is 11.5. The lowest BCUT2D eigenvalue weighted by Gasteiger charge is -2.33. The number of nitrogens with zero attached hydrogens (tertiary/aromatic N) is 2. The summed E-state index contributed by atoms with van der Waals surface area (Å²) in [6.07, 6.45) is 13.2. The van der Waals surface area contributed by atoms with Gasteiger partial charge in [0.15, 0.2) is 0 Å². The highest BCUT2D eigenvalue weighted by atomic mass is 16.4. The van der Waals surface area contributed by atoms with E-state index in [1.165, 1.54) is 97.7 Å². The monoisotopic (exact) mass is 776 g/mol. The molecule has 0 aliphatic heterocycles. The number of aromatic nitrogens is 1. The fraction of sp³-hybridized carbons (Fsp3) is 0.309. The molecule has 298 valence electrons. The van der Waals surface area contributed by atoms with Crippen LogP contribution in [0.5, 0.6) is 0 Å². The summed E-state index contributed by atoms with van der Waals surface area (Å²) < 4.78 is 2.64. The maximum absolute atomic E-state index is 11.5. The van der Waals surface area contributed by atoms with Gasteiger partial charge < -0.3 is 9.67 Å². The van der Waals surface area contributed by atoms with Crippen LogP contribution in [0.1, 0.15) is 109 Å². The van der Waals surface area contributed by atoms with Gasteiger partial charge in [0.05, 0.1) is 5.52 Å². The molecule has 4 nitrogen and oxygen atoms in total. The van der Waals surface area contributed by atoms with Crippen molar-refractivity contribution in [2.45, 2.75) is 104 Å². The lowest BCUT2D eigenvalue weighted by atomic mass is 9.70. The van der Waals surface area contributed by atoms with Crippen LogP contribution in [-0.4, -0.2) is 15.6 Å². The van der Waals surface area contributed by atoms with Gasteiger partial charge in [0.25, 0.3) is 0 Å². The Kier molecular flexibility index (Phi) is 11.6. The second kappa shape index (κ2) is 17.1. The van der Waals surface area contributed by atoms with E-state index in [-0.39, 0.29) is 11.0 Å². The van der Waals surface area contributed by atoms with Crippen LogP contribution in [0.25, 0.3) is 72.0 Å². The third-order valence-electron chi connectivity index (χ3n) is 13.2. The first-order chi connectivity index (χ1) is 28.8. The van der Waals surface area contributed by atoms with E-state index in [4.69, 9.17) is 0 Å². The van der Waals surface area contributed by atoms with E-state index in [1.807, 2.05) is 24.3 Å². The zero-order valence-corrected chi connectivity index (χ0v) is 35.2. The SMILES string of the molecule is CCCCC(CC)Cn1c2ccc(-c3ccc4c(c3)C(CCCC)(CCCC)c3cc(-c5ccc(/C=C(/C#N)C(=O)O)cc5)ccc3-4)cc2c2ccc3ccccc3c21. The van der Waals surface area contributed by atoms with E-state index in [0.717, 1.165) is 56.2 Å². The Hall–Kier alpha value is -5.92. The number of benzene rings is 6. The van der Waals surface area contributed by atoms with Gasteiger partial charge in [-0.2, -0.15) is 5.26 Å². The molecule has 0 radical (unpaired) electrons. The molecule has 1 unspecified atom stereocenters. The number of aliphatic carboxylic acids is 1. The zero-order valence-electron chi connectivity index (χ0n) is 35.2. The zero-order chi connectivity index (χ0) is 41.1. The van der Waals surface area contributed by atoms with Crippen molar-refractivity contribution < 1.29 is 9.90 Å². The van der Waals surface area contributed by atoms with Gasteiger partial charge >= 0.3 is 5.97 Å². The van der Waals surface area contributed by atoms with Crippen molar-refractivity contribution in [2.75, 3.05) is 0 Å². The fourth-order valence-corrected chi connectivity index (χ4v) is 9.97. The topological polar surface area (TPSA) is 66.0 Å². The molecule has 0 fully saturated rings. The molecule has 0 bridgehead atoms. The molecule has 6 aromatic carbocycles. The van der Waals surface area contributed by atoms with Crippen LogP contribution >= 0.6 is 0 Å². The molecule has 1 aromatic heterocycles. The second-order valence-electron chi connectivity index (χ2n) is 16.8. The number of carboxylic acid groups (broad SMARTS) is 1. The Morgan fingerprint density at radius 2 is 1.31 bits per heavy atom. The standard InChI is InChI=1S/C55H56N2O2/c1-5-9-14-37(8-4)36-57-52-28-24-41(32-49(52)48-27-21-40-15-12-13-16-45(40)53(48)57)43-23-26-47-46-25-22-42(39-19-17-38(18-20-39)31-44(35-56)54(58)59)33-50(46)55(29-10-6-2,30-11-7-3)51(47)34-43/h12-13,15-28,31-34,37H,5-11,14,29-30,36H2,1-4H3,(H,58,59)/b44-31-. The smallest absolute Gasteiger partial charge is 0.346 e. The Bertz CT molecular complexity index is 2730. The fourth-order valence-electron chi connectivity index (χ4n) is 9.97. The van der Waals surface area contributed by atoms with Gasteiger partial charge in [-0.1, -0.05) is 164 Å². The summed E-state index contributed by atoms with van der Waals surface area (Å²) in [5.41, 5.74) is 13.3. The number of hydrogen-bond donors (Lipinski definition) is 1. The van der Waals surface area contributed by atoms with Gasteiger partial charge in [0.2, 0.25) is 0 Å². The summed E-state index contributed by atoms with van der Waals surface area (Å²) in [7, 11) is 0. The molecule has 1 aliphatic rings. The number of nitriles is 1. The minimum absolute atomic E-state index is 0.0960. The summed E-state index contributed by atoms with van der Waals surface area (Å²) >= 11 is 0. The molecule has 1 heterocycles. The molecule has 7 aromatic rings. The van der Waals surface area contributed by atoms with E-state index in [1.54, 1.807) is 6.07 Å². The van der Waals surface area contributed by atoms with Crippen molar-refractivity contribution in [3.05, 3.63) is 138 Å². The minimum atomic E-state index is -1.21. The van der Waals surface area contributed by atoms with E-state index >= 15 is 0 Å². The van der Waals surface area contributed by atoms with Gasteiger partial charge in [-0.15, -0.1) is 0 Å². The Balaban J connectivity index is 1.24. The van der Waals surface area contributed by atoms with Crippen LogP contribution in [0.3, 0.4) is 0 Å². The first kappa shape index (κ1) is 39.9. The number of carbonyl (C=O) groups is 1. The van der Waals surface area contributed by atoms with Crippen molar-refractivity contribution >= 4 is 44.6 Å². The van der Waals surface area contributed by atoms with Gasteiger partial charge in [-0.3, -0.25) is 0 Å². The summed E-state index contributed by atoms with van der Waals surface area (Å²) in [6.45, 7) is 10.3. The minimum Gasteiger partial charge on any atom is -0.477 e. The molecule has 1 aliphatic carbocycles. The normalized spacial score (nSPS) is 13.8. The molecule has 1 atom stereocenters. The molecule has 0 amide bonds. The average molecular weight is 777 g/mol. The molecular formula is C55H56N2O2. The van der Waals surface area contributed by atoms with Crippen molar-refractivity contribution in [1.82, 2.24) is 4.57 Å². The molecule has 0 saturated heterocycles. The lowest BCUT2D eigenvalue weighted by molar-refractivity contribution is -0.132. The largest absolute Gasteiger partial charge is 0.477 e. The molecule has 0 spiro atoms. The number of rotatable bonds is 16. The number of hydrogen-bond acceptors (Lipinski definition) is 2. The van der Waals surface area contributed by atoms with Crippen molar-refractivity contribution in [3.8, 4) is 39.4 Å². The van der Waals surface area contributed by atoms with Gasteiger partial charge in [0, 0.05) is 33.6 Å². The molecular weight excluding hydrogens is 721 g/mol. The summed E-state index contributed by atoms with van der Waals surface area (Å²) in [5, 5.41) is 23.9. The Morgan fingerprint density at radius 3 is 1.93 bits per heavy atom. The Morgan fingerprint density at radius 1 is 0.695 bits per heavy atom. The van der Waals surface area contributed by atoms with Crippen LogP contribution in [0.15, 0.2) is 121 Å². The van der Waals surface area contributed by atoms with E-state index in [0.29, 0.717) is 11.5 Å². The van der Waals surface area contributed by atoms with Crippen molar-refractivity contribution in [2.24, 2.45) is 5.92 Å². The molecule has 8 rings (SSSR count). The van der Waals surface area contributed by atoms with Gasteiger partial charge in [0.1, 0.15) is 11.6 Å². The van der Waals surface area contributed by atoms with Crippen LogP contribution in [0.4, 0.5) is 0 Å². The summed E-state index contributed by atoms with van der Waals surface area (Å²) in [6, 6.07) is 44.7. The van der Waals surface area contributed by atoms with E-state index < -0.39 is 5.97 Å². The molecule has 59 heavy (non-hydrogen) atoms. The third-order valence-corrected chi connectivity index (χ3v) is 13.2. The van der Waals surface area contributed by atoms with Crippen molar-refractivity contribution in [3.63, 3.8) is 0 Å². The van der Waals surface area contributed by atoms with Crippen LogP contribution < -0.4 is 0 Å². The van der Waals surface area contributed by atoms with E-state index in [9.17, 15) is 15.2 Å². The summed E-state index contributed by atoms with van der Waals surface area (Å²) in [5.74, 6) is -0.572. The summed E-state index contributed by atoms with van der Waals surface area (Å²) in [4.78, 5) is 11.5. The Labute approximate surface area is 349 Å². The average Bonchev–Trinajstić information content (AvgIpc) is 3.73. The molecule has 4 heteroatoms. The molecule has 0 saturated carbocycles. The lowest BCUT2D eigenvalue weighted by Crippen LogP contribution is -2.25. The van der Waals surface area contributed by atoms with Gasteiger partial charge in [-0.25, -0.2) is 4.79 Å². The van der Waals surface area contributed by atoms with Gasteiger partial charge in [-0.05, 0) is 111 Å².